The van der Waals surface area contributed by atoms with Crippen LogP contribution in [0.15, 0.2) is 36.4 Å². The second-order valence-corrected chi connectivity index (χ2v) is 4.55. The molecule has 0 saturated carbocycles. The number of nitrogens with one attached hydrogen (secondary N) is 1. The average Bonchev–Trinajstić information content (AvgIpc) is 2.51. The lowest BCUT2D eigenvalue weighted by Crippen LogP contribution is -2.24. The standard InChI is InChI=1S/C16H16FNO3/c1-10-14(17)8-7-13(16(10)20)11-3-5-12(6-4-11)21-9-15(19)18-2/h3-8,20H,9H2,1-2H3,(H,18,19). The summed E-state index contributed by atoms with van der Waals surface area (Å²) in [7, 11) is 1.54. The van der Waals surface area contributed by atoms with Crippen LogP contribution in [-0.4, -0.2) is 24.7 Å². The molecule has 5 heteroatoms. The van der Waals surface area contributed by atoms with E-state index in [1.807, 2.05) is 0 Å². The summed E-state index contributed by atoms with van der Waals surface area (Å²) in [4.78, 5) is 11.1. The molecule has 0 unspecified atom stereocenters. The monoisotopic (exact) mass is 289 g/mol. The molecule has 0 saturated heterocycles. The van der Waals surface area contributed by atoms with Gasteiger partial charge in [0.15, 0.2) is 6.61 Å². The van der Waals surface area contributed by atoms with Gasteiger partial charge in [-0.05, 0) is 36.8 Å². The number of ether oxygens (including phenoxy) is 1. The largest absolute Gasteiger partial charge is 0.507 e. The number of hydrogen-bond acceptors (Lipinski definition) is 3. The third-order valence-corrected chi connectivity index (χ3v) is 3.18. The highest BCUT2D eigenvalue weighted by Gasteiger charge is 2.10. The van der Waals surface area contributed by atoms with Crippen molar-refractivity contribution in [3.8, 4) is 22.6 Å². The molecule has 4 nitrogen and oxygen atoms in total. The molecule has 0 atom stereocenters. The molecule has 0 aliphatic rings. The van der Waals surface area contributed by atoms with Gasteiger partial charge in [-0.15, -0.1) is 0 Å². The van der Waals surface area contributed by atoms with Crippen molar-refractivity contribution in [2.75, 3.05) is 13.7 Å². The number of amides is 1. The average molecular weight is 289 g/mol. The third-order valence-electron chi connectivity index (χ3n) is 3.18. The Morgan fingerprint density at radius 3 is 2.52 bits per heavy atom. The van der Waals surface area contributed by atoms with E-state index in [9.17, 15) is 14.3 Å². The van der Waals surface area contributed by atoms with Gasteiger partial charge in [0.1, 0.15) is 17.3 Å². The van der Waals surface area contributed by atoms with E-state index in [0.29, 0.717) is 11.3 Å². The van der Waals surface area contributed by atoms with Crippen molar-refractivity contribution in [3.05, 3.63) is 47.8 Å². The van der Waals surface area contributed by atoms with Crippen LogP contribution in [0.4, 0.5) is 4.39 Å². The Morgan fingerprint density at radius 2 is 1.90 bits per heavy atom. The molecule has 110 valence electrons. The molecule has 2 rings (SSSR count). The van der Waals surface area contributed by atoms with Crippen LogP contribution < -0.4 is 10.1 Å². The SMILES string of the molecule is CNC(=O)COc1ccc(-c2ccc(F)c(C)c2O)cc1. The second kappa shape index (κ2) is 6.26. The number of phenolic OH excluding ortho intramolecular Hbond substituents is 1. The molecule has 0 heterocycles. The van der Waals surface area contributed by atoms with Gasteiger partial charge in [0.05, 0.1) is 0 Å². The van der Waals surface area contributed by atoms with Gasteiger partial charge in [0.25, 0.3) is 5.91 Å². The molecule has 0 aromatic heterocycles. The maximum absolute atomic E-state index is 13.3. The zero-order valence-electron chi connectivity index (χ0n) is 11.8. The number of aromatic hydroxyl groups is 1. The normalized spacial score (nSPS) is 10.2. The molecule has 0 aliphatic carbocycles. The summed E-state index contributed by atoms with van der Waals surface area (Å²) in [5, 5.41) is 12.4. The minimum Gasteiger partial charge on any atom is -0.507 e. The fourth-order valence-electron chi connectivity index (χ4n) is 1.86. The minimum atomic E-state index is -0.443. The first-order chi connectivity index (χ1) is 10.0. The molecule has 1 amide bonds. The number of hydrogen-bond donors (Lipinski definition) is 2. The van der Waals surface area contributed by atoms with Crippen molar-refractivity contribution in [2.24, 2.45) is 0 Å². The van der Waals surface area contributed by atoms with Gasteiger partial charge in [0, 0.05) is 18.2 Å². The van der Waals surface area contributed by atoms with Gasteiger partial charge in [-0.1, -0.05) is 12.1 Å². The first kappa shape index (κ1) is 14.8. The number of likely N-dealkylation sites (N-methyl/N-ethyl adjacent to an activating group) is 1. The predicted molar refractivity (Wildman–Crippen MR) is 77.8 cm³/mol. The number of carbonyl (C=O) groups is 1. The van der Waals surface area contributed by atoms with Crippen molar-refractivity contribution >= 4 is 5.91 Å². The van der Waals surface area contributed by atoms with E-state index >= 15 is 0 Å². The Morgan fingerprint density at radius 1 is 1.24 bits per heavy atom. The summed E-state index contributed by atoms with van der Waals surface area (Å²) in [5.41, 5.74) is 1.50. The van der Waals surface area contributed by atoms with Crippen LogP contribution in [-0.2, 0) is 4.79 Å². The van der Waals surface area contributed by atoms with E-state index in [0.717, 1.165) is 5.56 Å². The molecule has 0 radical (unpaired) electrons. The third kappa shape index (κ3) is 3.31. The van der Waals surface area contributed by atoms with Crippen molar-refractivity contribution in [3.63, 3.8) is 0 Å². The maximum Gasteiger partial charge on any atom is 0.257 e. The van der Waals surface area contributed by atoms with Gasteiger partial charge in [-0.3, -0.25) is 4.79 Å². The van der Waals surface area contributed by atoms with Gasteiger partial charge < -0.3 is 15.2 Å². The number of benzene rings is 2. The lowest BCUT2D eigenvalue weighted by molar-refractivity contribution is -0.122. The quantitative estimate of drug-likeness (QED) is 0.909. The van der Waals surface area contributed by atoms with Gasteiger partial charge in [-0.25, -0.2) is 4.39 Å². The van der Waals surface area contributed by atoms with E-state index in [2.05, 4.69) is 5.32 Å². The molecule has 0 aliphatic heterocycles. The molecule has 0 fully saturated rings. The van der Waals surface area contributed by atoms with Crippen LogP contribution in [0.1, 0.15) is 5.56 Å². The van der Waals surface area contributed by atoms with Crippen LogP contribution in [0, 0.1) is 12.7 Å². The Labute approximate surface area is 122 Å². The van der Waals surface area contributed by atoms with Gasteiger partial charge in [-0.2, -0.15) is 0 Å². The fraction of sp³-hybridized carbons (Fsp3) is 0.188. The summed E-state index contributed by atoms with van der Waals surface area (Å²) >= 11 is 0. The molecular weight excluding hydrogens is 273 g/mol. The Kier molecular flexibility index (Phi) is 4.42. The number of carbonyl (C=O) groups excluding carboxylic acids is 1. The van der Waals surface area contributed by atoms with Gasteiger partial charge in [0.2, 0.25) is 0 Å². The van der Waals surface area contributed by atoms with Crippen LogP contribution in [0.3, 0.4) is 0 Å². The predicted octanol–water partition coefficient (Wildman–Crippen LogP) is 2.63. The summed E-state index contributed by atoms with van der Waals surface area (Å²) in [5.74, 6) is -0.192. The lowest BCUT2D eigenvalue weighted by atomic mass is 10.0. The number of phenols is 1. The first-order valence-corrected chi connectivity index (χ1v) is 6.45. The maximum atomic E-state index is 13.3. The number of rotatable bonds is 4. The van der Waals surface area contributed by atoms with E-state index in [1.54, 1.807) is 24.3 Å². The van der Waals surface area contributed by atoms with Crippen LogP contribution in [0.5, 0.6) is 11.5 Å². The zero-order chi connectivity index (χ0) is 15.4. The van der Waals surface area contributed by atoms with Crippen LogP contribution >= 0.6 is 0 Å². The molecule has 2 aromatic rings. The molecular formula is C16H16FNO3. The van der Waals surface area contributed by atoms with Gasteiger partial charge >= 0.3 is 0 Å². The Balaban J connectivity index is 2.19. The topological polar surface area (TPSA) is 58.6 Å². The molecule has 2 N–H and O–H groups in total. The second-order valence-electron chi connectivity index (χ2n) is 4.55. The van der Waals surface area contributed by atoms with Crippen molar-refractivity contribution in [1.82, 2.24) is 5.32 Å². The number of halogens is 1. The lowest BCUT2D eigenvalue weighted by Gasteiger charge is -2.10. The van der Waals surface area contributed by atoms with E-state index in [-0.39, 0.29) is 23.8 Å². The van der Waals surface area contributed by atoms with Crippen molar-refractivity contribution < 1.29 is 19.0 Å². The van der Waals surface area contributed by atoms with E-state index < -0.39 is 5.82 Å². The van der Waals surface area contributed by atoms with Crippen LogP contribution in [0.25, 0.3) is 11.1 Å². The molecule has 2 aromatic carbocycles. The Bertz CT molecular complexity index is 653. The molecule has 0 bridgehead atoms. The van der Waals surface area contributed by atoms with E-state index in [1.165, 1.54) is 26.1 Å². The summed E-state index contributed by atoms with van der Waals surface area (Å²) in [6, 6.07) is 9.71. The van der Waals surface area contributed by atoms with Crippen molar-refractivity contribution in [2.45, 2.75) is 6.92 Å². The summed E-state index contributed by atoms with van der Waals surface area (Å²) in [6.07, 6.45) is 0. The Hall–Kier alpha value is -2.56. The smallest absolute Gasteiger partial charge is 0.257 e. The molecule has 21 heavy (non-hydrogen) atoms. The van der Waals surface area contributed by atoms with Crippen LogP contribution in [0.2, 0.25) is 0 Å². The summed E-state index contributed by atoms with van der Waals surface area (Å²) < 4.78 is 18.6. The highest BCUT2D eigenvalue weighted by Crippen LogP contribution is 2.33. The molecule has 0 spiro atoms. The van der Waals surface area contributed by atoms with E-state index in [4.69, 9.17) is 4.74 Å². The zero-order valence-corrected chi connectivity index (χ0v) is 11.8. The highest BCUT2D eigenvalue weighted by atomic mass is 19.1. The fourth-order valence-corrected chi connectivity index (χ4v) is 1.86. The minimum absolute atomic E-state index is 0.0588. The highest BCUT2D eigenvalue weighted by molar-refractivity contribution is 5.77. The van der Waals surface area contributed by atoms with Crippen molar-refractivity contribution in [1.29, 1.82) is 0 Å². The first-order valence-electron chi connectivity index (χ1n) is 6.45. The summed E-state index contributed by atoms with van der Waals surface area (Å²) in [6.45, 7) is 1.46.